The Morgan fingerprint density at radius 3 is 2.65 bits per heavy atom. The summed E-state index contributed by atoms with van der Waals surface area (Å²) in [4.78, 5) is 6.43. The Kier molecular flexibility index (Phi) is 5.01. The molecule has 1 N–H and O–H groups in total. The van der Waals surface area contributed by atoms with Gasteiger partial charge in [-0.1, -0.05) is 0 Å². The Bertz CT molecular complexity index is 519. The summed E-state index contributed by atoms with van der Waals surface area (Å²) < 4.78 is 7.09. The molecule has 0 atom stereocenters. The molecule has 0 aliphatic heterocycles. The van der Waals surface area contributed by atoms with Crippen molar-refractivity contribution in [1.82, 2.24) is 9.55 Å². The highest BCUT2D eigenvalue weighted by Crippen LogP contribution is 2.18. The normalized spacial score (nSPS) is 10.6. The minimum absolute atomic E-state index is 0.755. The molecule has 1 aromatic heterocycles. The zero-order valence-electron chi connectivity index (χ0n) is 12.3. The molecular formula is C15H22N4O. The van der Waals surface area contributed by atoms with Gasteiger partial charge in [-0.2, -0.15) is 0 Å². The molecule has 0 amide bonds. The first-order chi connectivity index (χ1) is 9.72. The highest BCUT2D eigenvalue weighted by atomic mass is 16.5. The van der Waals surface area contributed by atoms with Gasteiger partial charge in [-0.3, -0.25) is 4.57 Å². The van der Waals surface area contributed by atoms with Crippen molar-refractivity contribution in [1.29, 1.82) is 0 Å². The van der Waals surface area contributed by atoms with E-state index in [9.17, 15) is 0 Å². The molecule has 20 heavy (non-hydrogen) atoms. The summed E-state index contributed by atoms with van der Waals surface area (Å²) in [6.45, 7) is 1.60. The van der Waals surface area contributed by atoms with E-state index in [0.717, 1.165) is 31.2 Å². The molecule has 0 saturated heterocycles. The quantitative estimate of drug-likeness (QED) is 0.787. The topological polar surface area (TPSA) is 42.3 Å². The first kappa shape index (κ1) is 14.4. The predicted molar refractivity (Wildman–Crippen MR) is 82.9 cm³/mol. The molecule has 0 unspecified atom stereocenters. The van der Waals surface area contributed by atoms with Crippen LogP contribution in [0.3, 0.4) is 0 Å². The average molecular weight is 274 g/mol. The van der Waals surface area contributed by atoms with Gasteiger partial charge in [-0.15, -0.1) is 0 Å². The van der Waals surface area contributed by atoms with Crippen molar-refractivity contribution in [2.45, 2.75) is 6.42 Å². The molecule has 0 bridgehead atoms. The number of nitrogens with one attached hydrogen (secondary N) is 1. The van der Waals surface area contributed by atoms with E-state index in [1.807, 2.05) is 24.9 Å². The summed E-state index contributed by atoms with van der Waals surface area (Å²) in [6.07, 6.45) is 4.73. The fraction of sp³-hybridized carbons (Fsp3) is 0.400. The second kappa shape index (κ2) is 6.96. The summed E-state index contributed by atoms with van der Waals surface area (Å²) in [6, 6.07) is 8.39. The van der Waals surface area contributed by atoms with Gasteiger partial charge in [0.25, 0.3) is 0 Å². The van der Waals surface area contributed by atoms with Crippen LogP contribution in [-0.4, -0.2) is 43.9 Å². The number of nitrogens with zero attached hydrogens (tertiary/aromatic N) is 3. The van der Waals surface area contributed by atoms with Crippen LogP contribution in [0.2, 0.25) is 0 Å². The molecule has 0 fully saturated rings. The Hall–Kier alpha value is -2.01. The second-order valence-corrected chi connectivity index (χ2v) is 4.80. The Balaban J connectivity index is 2.07. The molecule has 0 aliphatic rings. The Morgan fingerprint density at radius 2 is 2.00 bits per heavy atom. The van der Waals surface area contributed by atoms with Crippen LogP contribution in [-0.2, 0) is 4.74 Å². The fourth-order valence-corrected chi connectivity index (χ4v) is 1.97. The predicted octanol–water partition coefficient (Wildman–Crippen LogP) is 2.39. The van der Waals surface area contributed by atoms with Crippen LogP contribution in [0.4, 0.5) is 11.6 Å². The number of methoxy groups -OCH3 is 1. The maximum atomic E-state index is 5.04. The van der Waals surface area contributed by atoms with E-state index in [2.05, 4.69) is 39.5 Å². The van der Waals surface area contributed by atoms with Gasteiger partial charge < -0.3 is 15.0 Å². The zero-order chi connectivity index (χ0) is 14.4. The fourth-order valence-electron chi connectivity index (χ4n) is 1.97. The third-order valence-corrected chi connectivity index (χ3v) is 3.09. The minimum atomic E-state index is 0.755. The van der Waals surface area contributed by atoms with Crippen molar-refractivity contribution in [3.63, 3.8) is 0 Å². The van der Waals surface area contributed by atoms with E-state index in [-0.39, 0.29) is 0 Å². The van der Waals surface area contributed by atoms with E-state index < -0.39 is 0 Å². The SMILES string of the molecule is COCCCNc1nccn1-c1ccc(N(C)C)cc1. The van der Waals surface area contributed by atoms with Gasteiger partial charge in [0.2, 0.25) is 5.95 Å². The monoisotopic (exact) mass is 274 g/mol. The van der Waals surface area contributed by atoms with Crippen molar-refractivity contribution in [2.24, 2.45) is 0 Å². The summed E-state index contributed by atoms with van der Waals surface area (Å²) in [5.41, 5.74) is 2.28. The van der Waals surface area contributed by atoms with Gasteiger partial charge in [0.1, 0.15) is 0 Å². The Morgan fingerprint density at radius 1 is 1.25 bits per heavy atom. The molecule has 108 valence electrons. The molecule has 2 rings (SSSR count). The number of hydrogen-bond donors (Lipinski definition) is 1. The molecule has 0 spiro atoms. The van der Waals surface area contributed by atoms with Crippen molar-refractivity contribution < 1.29 is 4.74 Å². The number of ether oxygens (including phenoxy) is 1. The zero-order valence-corrected chi connectivity index (χ0v) is 12.3. The van der Waals surface area contributed by atoms with Crippen molar-refractivity contribution >= 4 is 11.6 Å². The summed E-state index contributed by atoms with van der Waals surface area (Å²) in [7, 11) is 5.79. The third-order valence-electron chi connectivity index (χ3n) is 3.09. The summed E-state index contributed by atoms with van der Waals surface area (Å²) >= 11 is 0. The van der Waals surface area contributed by atoms with Crippen LogP contribution < -0.4 is 10.2 Å². The smallest absolute Gasteiger partial charge is 0.207 e. The standard InChI is InChI=1S/C15H22N4O/c1-18(2)13-5-7-14(8-6-13)19-11-10-17-15(19)16-9-4-12-20-3/h5-8,10-11H,4,9,12H2,1-3H3,(H,16,17). The lowest BCUT2D eigenvalue weighted by molar-refractivity contribution is 0.197. The van der Waals surface area contributed by atoms with E-state index in [0.29, 0.717) is 0 Å². The number of rotatable bonds is 7. The average Bonchev–Trinajstić information content (AvgIpc) is 2.92. The first-order valence-corrected chi connectivity index (χ1v) is 6.76. The number of benzene rings is 1. The minimum Gasteiger partial charge on any atom is -0.385 e. The molecule has 0 saturated carbocycles. The molecule has 0 aliphatic carbocycles. The lowest BCUT2D eigenvalue weighted by atomic mass is 10.2. The number of anilines is 2. The lowest BCUT2D eigenvalue weighted by Gasteiger charge is -2.14. The van der Waals surface area contributed by atoms with Crippen molar-refractivity contribution in [3.8, 4) is 5.69 Å². The summed E-state index contributed by atoms with van der Waals surface area (Å²) in [5.74, 6) is 0.860. The Labute approximate surface area is 120 Å². The molecule has 2 aromatic rings. The highest BCUT2D eigenvalue weighted by molar-refractivity contribution is 5.51. The molecule has 1 aromatic carbocycles. The second-order valence-electron chi connectivity index (χ2n) is 4.80. The van der Waals surface area contributed by atoms with Crippen LogP contribution in [0.1, 0.15) is 6.42 Å². The highest BCUT2D eigenvalue weighted by Gasteiger charge is 2.04. The van der Waals surface area contributed by atoms with Crippen LogP contribution in [0, 0.1) is 0 Å². The van der Waals surface area contributed by atoms with Gasteiger partial charge in [-0.05, 0) is 30.7 Å². The van der Waals surface area contributed by atoms with Crippen molar-refractivity contribution in [3.05, 3.63) is 36.7 Å². The van der Waals surface area contributed by atoms with Gasteiger partial charge in [0, 0.05) is 58.1 Å². The van der Waals surface area contributed by atoms with Crippen LogP contribution >= 0.6 is 0 Å². The largest absolute Gasteiger partial charge is 0.385 e. The van der Waals surface area contributed by atoms with Crippen LogP contribution in [0.25, 0.3) is 5.69 Å². The van der Waals surface area contributed by atoms with E-state index in [1.165, 1.54) is 5.69 Å². The summed E-state index contributed by atoms with van der Waals surface area (Å²) in [5, 5.41) is 3.33. The molecule has 5 heteroatoms. The third kappa shape index (κ3) is 3.51. The van der Waals surface area contributed by atoms with Gasteiger partial charge in [0.05, 0.1) is 0 Å². The van der Waals surface area contributed by atoms with E-state index in [4.69, 9.17) is 4.74 Å². The lowest BCUT2D eigenvalue weighted by Crippen LogP contribution is -2.10. The molecule has 1 heterocycles. The number of hydrogen-bond acceptors (Lipinski definition) is 4. The van der Waals surface area contributed by atoms with E-state index >= 15 is 0 Å². The molecule has 5 nitrogen and oxygen atoms in total. The van der Waals surface area contributed by atoms with Crippen LogP contribution in [0.15, 0.2) is 36.7 Å². The van der Waals surface area contributed by atoms with Gasteiger partial charge in [-0.25, -0.2) is 4.98 Å². The molecule has 0 radical (unpaired) electrons. The maximum Gasteiger partial charge on any atom is 0.207 e. The number of aromatic nitrogens is 2. The van der Waals surface area contributed by atoms with E-state index in [1.54, 1.807) is 13.3 Å². The van der Waals surface area contributed by atoms with Gasteiger partial charge >= 0.3 is 0 Å². The van der Waals surface area contributed by atoms with Crippen LogP contribution in [0.5, 0.6) is 0 Å². The first-order valence-electron chi connectivity index (χ1n) is 6.76. The van der Waals surface area contributed by atoms with Gasteiger partial charge in [0.15, 0.2) is 0 Å². The maximum absolute atomic E-state index is 5.04. The molecular weight excluding hydrogens is 252 g/mol. The number of imidazole rings is 1. The van der Waals surface area contributed by atoms with Crippen molar-refractivity contribution in [2.75, 3.05) is 44.6 Å².